The third-order valence-electron chi connectivity index (χ3n) is 4.61. The van der Waals surface area contributed by atoms with Crippen molar-refractivity contribution >= 4 is 11.8 Å². The van der Waals surface area contributed by atoms with Gasteiger partial charge in [0.1, 0.15) is 0 Å². The molecule has 0 aromatic rings. The van der Waals surface area contributed by atoms with E-state index in [1.165, 1.54) is 25.7 Å². The molecule has 0 aliphatic heterocycles. The third kappa shape index (κ3) is 2.45. The van der Waals surface area contributed by atoms with E-state index < -0.39 is 0 Å². The number of rotatable bonds is 3. The Morgan fingerprint density at radius 3 is 2.41 bits per heavy atom. The predicted molar refractivity (Wildman–Crippen MR) is 62.6 cm³/mol. The monoisotopic (exact) mass is 236 g/mol. The van der Waals surface area contributed by atoms with Crippen molar-refractivity contribution in [3.8, 4) is 0 Å². The molecule has 4 nitrogen and oxygen atoms in total. The molecule has 2 amide bonds. The molecule has 0 unspecified atom stereocenters. The maximum Gasteiger partial charge on any atom is 0.241 e. The van der Waals surface area contributed by atoms with Gasteiger partial charge < -0.3 is 0 Å². The van der Waals surface area contributed by atoms with Crippen LogP contribution in [0.15, 0.2) is 0 Å². The van der Waals surface area contributed by atoms with E-state index in [1.807, 2.05) is 0 Å². The van der Waals surface area contributed by atoms with Crippen molar-refractivity contribution in [2.24, 2.45) is 23.7 Å². The van der Waals surface area contributed by atoms with Crippen LogP contribution in [0.25, 0.3) is 0 Å². The van der Waals surface area contributed by atoms with Gasteiger partial charge >= 0.3 is 0 Å². The molecule has 2 bridgehead atoms. The minimum Gasteiger partial charge on any atom is -0.273 e. The second-order valence-corrected chi connectivity index (χ2v) is 5.95. The van der Waals surface area contributed by atoms with Crippen molar-refractivity contribution < 1.29 is 9.59 Å². The molecule has 3 rings (SSSR count). The fraction of sp³-hybridized carbons (Fsp3) is 0.846. The maximum absolute atomic E-state index is 11.7. The first kappa shape index (κ1) is 11.1. The van der Waals surface area contributed by atoms with Crippen LogP contribution in [0.1, 0.15) is 44.9 Å². The van der Waals surface area contributed by atoms with E-state index in [0.29, 0.717) is 12.3 Å². The first-order valence-electron chi connectivity index (χ1n) is 6.81. The van der Waals surface area contributed by atoms with Crippen molar-refractivity contribution in [3.63, 3.8) is 0 Å². The van der Waals surface area contributed by atoms with Crippen LogP contribution in [0.2, 0.25) is 0 Å². The van der Waals surface area contributed by atoms with Gasteiger partial charge in [0.2, 0.25) is 11.8 Å². The molecule has 17 heavy (non-hydrogen) atoms. The first-order valence-corrected chi connectivity index (χ1v) is 6.81. The van der Waals surface area contributed by atoms with Crippen molar-refractivity contribution in [2.75, 3.05) is 0 Å². The summed E-state index contributed by atoms with van der Waals surface area (Å²) in [5, 5.41) is 0. The lowest BCUT2D eigenvalue weighted by Gasteiger charge is -2.20. The highest BCUT2D eigenvalue weighted by molar-refractivity contribution is 5.84. The van der Waals surface area contributed by atoms with Crippen molar-refractivity contribution in [1.82, 2.24) is 10.9 Å². The van der Waals surface area contributed by atoms with Gasteiger partial charge in [-0.3, -0.25) is 20.4 Å². The van der Waals surface area contributed by atoms with E-state index in [2.05, 4.69) is 10.9 Å². The fourth-order valence-electron chi connectivity index (χ4n) is 3.49. The first-order chi connectivity index (χ1) is 8.22. The van der Waals surface area contributed by atoms with Crippen LogP contribution in [0.5, 0.6) is 0 Å². The molecule has 0 heterocycles. The molecule has 0 saturated heterocycles. The number of hydrogen-bond acceptors (Lipinski definition) is 2. The highest BCUT2D eigenvalue weighted by Crippen LogP contribution is 2.49. The number of nitrogens with one attached hydrogen (secondary N) is 2. The van der Waals surface area contributed by atoms with Crippen LogP contribution < -0.4 is 10.9 Å². The van der Waals surface area contributed by atoms with Crippen LogP contribution in [0.4, 0.5) is 0 Å². The molecule has 3 fully saturated rings. The van der Waals surface area contributed by atoms with E-state index in [0.717, 1.165) is 24.7 Å². The molecule has 4 heteroatoms. The predicted octanol–water partition coefficient (Wildman–Crippen LogP) is 1.37. The van der Waals surface area contributed by atoms with E-state index in [4.69, 9.17) is 0 Å². The molecule has 3 aliphatic carbocycles. The van der Waals surface area contributed by atoms with Crippen molar-refractivity contribution in [1.29, 1.82) is 0 Å². The van der Waals surface area contributed by atoms with Gasteiger partial charge in [-0.2, -0.15) is 0 Å². The summed E-state index contributed by atoms with van der Waals surface area (Å²) >= 11 is 0. The lowest BCUT2D eigenvalue weighted by molar-refractivity contribution is -0.130. The van der Waals surface area contributed by atoms with Gasteiger partial charge in [0, 0.05) is 12.3 Å². The number of amides is 2. The van der Waals surface area contributed by atoms with Gasteiger partial charge in [-0.15, -0.1) is 0 Å². The zero-order valence-electron chi connectivity index (χ0n) is 10.1. The fourth-order valence-corrected chi connectivity index (χ4v) is 3.49. The van der Waals surface area contributed by atoms with Gasteiger partial charge in [-0.25, -0.2) is 0 Å². The topological polar surface area (TPSA) is 58.2 Å². The summed E-state index contributed by atoms with van der Waals surface area (Å²) in [4.78, 5) is 23.0. The smallest absolute Gasteiger partial charge is 0.241 e. The minimum absolute atomic E-state index is 0.0171. The standard InChI is InChI=1S/C13H20N2O2/c16-12(14-15-13(17)9-3-4-9)7-11-6-8-1-2-10(11)5-8/h8-11H,1-7H2,(H,14,16)(H,15,17)/t8-,10-,11-/m0/s1. The maximum atomic E-state index is 11.7. The number of carbonyl (C=O) groups excluding carboxylic acids is 2. The molecule has 3 saturated carbocycles. The summed E-state index contributed by atoms with van der Waals surface area (Å²) in [5.74, 6) is 2.32. The van der Waals surface area contributed by atoms with Gasteiger partial charge in [0.25, 0.3) is 0 Å². The van der Waals surface area contributed by atoms with E-state index in [1.54, 1.807) is 0 Å². The second kappa shape index (κ2) is 4.31. The molecule has 2 N–H and O–H groups in total. The Kier molecular flexibility index (Phi) is 2.81. The summed E-state index contributed by atoms with van der Waals surface area (Å²) in [6.45, 7) is 0. The molecule has 0 aromatic carbocycles. The Morgan fingerprint density at radius 1 is 1.00 bits per heavy atom. The average Bonchev–Trinajstić information content (AvgIpc) is 2.97. The van der Waals surface area contributed by atoms with Crippen LogP contribution >= 0.6 is 0 Å². The normalized spacial score (nSPS) is 34.7. The van der Waals surface area contributed by atoms with E-state index in [9.17, 15) is 9.59 Å². The third-order valence-corrected chi connectivity index (χ3v) is 4.61. The Morgan fingerprint density at radius 2 is 1.82 bits per heavy atom. The summed E-state index contributed by atoms with van der Waals surface area (Å²) in [5.41, 5.74) is 5.08. The SMILES string of the molecule is O=C(C[C@@H]1C[C@H]2CC[C@H]1C2)NNC(=O)C1CC1. The number of fused-ring (bicyclic) bond motifs is 2. The number of hydrazine groups is 1. The molecular weight excluding hydrogens is 216 g/mol. The lowest BCUT2D eigenvalue weighted by atomic mass is 9.86. The molecule has 0 spiro atoms. The van der Waals surface area contributed by atoms with Crippen molar-refractivity contribution in [3.05, 3.63) is 0 Å². The summed E-state index contributed by atoms with van der Waals surface area (Å²) in [7, 11) is 0. The lowest BCUT2D eigenvalue weighted by Crippen LogP contribution is -2.43. The summed E-state index contributed by atoms with van der Waals surface area (Å²) in [6.07, 6.45) is 7.73. The van der Waals surface area contributed by atoms with Crippen molar-refractivity contribution in [2.45, 2.75) is 44.9 Å². The minimum atomic E-state index is -0.0220. The van der Waals surface area contributed by atoms with E-state index in [-0.39, 0.29) is 17.7 Å². The van der Waals surface area contributed by atoms with Crippen LogP contribution in [-0.2, 0) is 9.59 Å². The largest absolute Gasteiger partial charge is 0.273 e. The van der Waals surface area contributed by atoms with Gasteiger partial charge in [-0.05, 0) is 49.9 Å². The Balaban J connectivity index is 1.39. The Bertz CT molecular complexity index is 338. The van der Waals surface area contributed by atoms with Crippen LogP contribution in [0, 0.1) is 23.7 Å². The molecular formula is C13H20N2O2. The highest BCUT2D eigenvalue weighted by atomic mass is 16.2. The Labute approximate surface area is 101 Å². The zero-order valence-corrected chi connectivity index (χ0v) is 10.1. The zero-order chi connectivity index (χ0) is 11.8. The molecule has 3 atom stereocenters. The average molecular weight is 236 g/mol. The van der Waals surface area contributed by atoms with Crippen LogP contribution in [0.3, 0.4) is 0 Å². The van der Waals surface area contributed by atoms with Gasteiger partial charge in [-0.1, -0.05) is 6.42 Å². The van der Waals surface area contributed by atoms with Crippen LogP contribution in [-0.4, -0.2) is 11.8 Å². The van der Waals surface area contributed by atoms with E-state index >= 15 is 0 Å². The molecule has 0 aromatic heterocycles. The number of carbonyl (C=O) groups is 2. The van der Waals surface area contributed by atoms with Gasteiger partial charge in [0.15, 0.2) is 0 Å². The highest BCUT2D eigenvalue weighted by Gasteiger charge is 2.40. The summed E-state index contributed by atoms with van der Waals surface area (Å²) < 4.78 is 0. The summed E-state index contributed by atoms with van der Waals surface area (Å²) in [6, 6.07) is 0. The molecule has 0 radical (unpaired) electrons. The Hall–Kier alpha value is -1.06. The number of hydrogen-bond donors (Lipinski definition) is 2. The quantitative estimate of drug-likeness (QED) is 0.727. The second-order valence-electron chi connectivity index (χ2n) is 5.95. The van der Waals surface area contributed by atoms with Gasteiger partial charge in [0.05, 0.1) is 0 Å². The molecule has 3 aliphatic rings. The molecule has 94 valence electrons.